The van der Waals surface area contributed by atoms with Gasteiger partial charge in [0.25, 0.3) is 5.91 Å². The van der Waals surface area contributed by atoms with Gasteiger partial charge in [-0.3, -0.25) is 4.79 Å². The summed E-state index contributed by atoms with van der Waals surface area (Å²) in [6.07, 6.45) is 0. The number of benzene rings is 2. The van der Waals surface area contributed by atoms with E-state index in [1.165, 1.54) is 0 Å². The number of aromatic nitrogens is 2. The van der Waals surface area contributed by atoms with Gasteiger partial charge in [0.1, 0.15) is 12.4 Å². The van der Waals surface area contributed by atoms with Crippen molar-refractivity contribution in [2.24, 2.45) is 0 Å². The summed E-state index contributed by atoms with van der Waals surface area (Å²) in [6, 6.07) is 14.6. The average molecular weight is 413 g/mol. The predicted octanol–water partition coefficient (Wildman–Crippen LogP) is 4.34. The summed E-state index contributed by atoms with van der Waals surface area (Å²) in [5, 5.41) is 8.01. The van der Waals surface area contributed by atoms with Crippen molar-refractivity contribution < 1.29 is 9.53 Å². The molecule has 0 unspecified atom stereocenters. The zero-order valence-electron chi connectivity index (χ0n) is 17.1. The van der Waals surface area contributed by atoms with E-state index < -0.39 is 0 Å². The van der Waals surface area contributed by atoms with Gasteiger partial charge in [0.05, 0.1) is 22.1 Å². The molecule has 0 bridgehead atoms. The van der Waals surface area contributed by atoms with Crippen molar-refractivity contribution in [2.45, 2.75) is 13.8 Å². The lowest BCUT2D eigenvalue weighted by atomic mass is 10.2. The normalized spacial score (nSPS) is 11.0. The Morgan fingerprint density at radius 1 is 1.10 bits per heavy atom. The number of nitrogens with one attached hydrogen (secondary N) is 1. The van der Waals surface area contributed by atoms with E-state index in [1.54, 1.807) is 28.9 Å². The number of hydrogen-bond acceptors (Lipinski definition) is 4. The maximum Gasteiger partial charge on any atom is 0.255 e. The molecule has 0 saturated carbocycles. The maximum absolute atomic E-state index is 12.5. The Morgan fingerprint density at radius 2 is 1.76 bits per heavy atom. The second kappa shape index (κ2) is 9.11. The monoisotopic (exact) mass is 412 g/mol. The van der Waals surface area contributed by atoms with Gasteiger partial charge in [-0.1, -0.05) is 11.6 Å². The van der Waals surface area contributed by atoms with Gasteiger partial charge in [-0.05, 0) is 76.5 Å². The van der Waals surface area contributed by atoms with Crippen LogP contribution in [0.1, 0.15) is 21.7 Å². The van der Waals surface area contributed by atoms with Crippen LogP contribution >= 0.6 is 11.6 Å². The van der Waals surface area contributed by atoms with Crippen LogP contribution in [0.4, 0.5) is 5.69 Å². The lowest BCUT2D eigenvalue weighted by Gasteiger charge is -2.11. The van der Waals surface area contributed by atoms with Crippen LogP contribution in [-0.4, -0.2) is 47.8 Å². The minimum absolute atomic E-state index is 0.174. The summed E-state index contributed by atoms with van der Waals surface area (Å²) < 4.78 is 7.44. The third kappa shape index (κ3) is 5.16. The maximum atomic E-state index is 12.5. The number of hydrogen-bond donors (Lipinski definition) is 1. The van der Waals surface area contributed by atoms with Crippen LogP contribution in [0.25, 0.3) is 5.69 Å². The Kier molecular flexibility index (Phi) is 6.56. The third-order valence-corrected chi connectivity index (χ3v) is 5.04. The topological polar surface area (TPSA) is 59.4 Å². The number of nitrogens with zero attached hydrogens (tertiary/aromatic N) is 3. The molecule has 0 radical (unpaired) electrons. The molecule has 3 aromatic rings. The smallest absolute Gasteiger partial charge is 0.255 e. The number of halogens is 1. The molecule has 1 heterocycles. The molecule has 1 aromatic heterocycles. The molecular weight excluding hydrogens is 388 g/mol. The number of carbonyl (C=O) groups excluding carboxylic acids is 1. The molecule has 3 rings (SSSR count). The Hall–Kier alpha value is -2.83. The molecule has 0 aliphatic carbocycles. The van der Waals surface area contributed by atoms with E-state index in [0.717, 1.165) is 29.4 Å². The van der Waals surface area contributed by atoms with Gasteiger partial charge in [0.2, 0.25) is 0 Å². The zero-order chi connectivity index (χ0) is 21.0. The van der Waals surface area contributed by atoms with Crippen molar-refractivity contribution in [2.75, 3.05) is 32.6 Å². The molecule has 0 aliphatic heterocycles. The van der Waals surface area contributed by atoms with E-state index in [9.17, 15) is 4.79 Å². The Morgan fingerprint density at radius 3 is 2.31 bits per heavy atom. The molecule has 0 aliphatic rings. The van der Waals surface area contributed by atoms with Crippen molar-refractivity contribution >= 4 is 23.2 Å². The van der Waals surface area contributed by atoms with Crippen LogP contribution in [0, 0.1) is 13.8 Å². The van der Waals surface area contributed by atoms with Crippen molar-refractivity contribution in [3.05, 3.63) is 70.5 Å². The number of rotatable bonds is 7. The molecule has 0 atom stereocenters. The summed E-state index contributed by atoms with van der Waals surface area (Å²) in [6.45, 7) is 5.23. The highest BCUT2D eigenvalue weighted by molar-refractivity contribution is 6.31. The SMILES string of the molecule is Cc1nn(-c2ccc(NC(=O)c3ccc(OCCN(C)C)cc3)cc2)c(C)c1Cl. The van der Waals surface area contributed by atoms with Crippen LogP contribution in [-0.2, 0) is 0 Å². The van der Waals surface area contributed by atoms with Crippen LogP contribution < -0.4 is 10.1 Å². The highest BCUT2D eigenvalue weighted by Crippen LogP contribution is 2.23. The third-order valence-electron chi connectivity index (χ3n) is 4.50. The molecule has 7 heteroatoms. The van der Waals surface area contributed by atoms with Crippen LogP contribution in [0.5, 0.6) is 5.75 Å². The first-order chi connectivity index (χ1) is 13.8. The first-order valence-electron chi connectivity index (χ1n) is 9.36. The molecule has 29 heavy (non-hydrogen) atoms. The fraction of sp³-hybridized carbons (Fsp3) is 0.273. The minimum atomic E-state index is -0.174. The van der Waals surface area contributed by atoms with E-state index in [4.69, 9.17) is 16.3 Å². The largest absolute Gasteiger partial charge is 0.492 e. The zero-order valence-corrected chi connectivity index (χ0v) is 17.8. The molecule has 0 spiro atoms. The van der Waals surface area contributed by atoms with Gasteiger partial charge in [0, 0.05) is 17.8 Å². The van der Waals surface area contributed by atoms with Crippen molar-refractivity contribution in [3.63, 3.8) is 0 Å². The highest BCUT2D eigenvalue weighted by atomic mass is 35.5. The Balaban J connectivity index is 1.62. The highest BCUT2D eigenvalue weighted by Gasteiger charge is 2.11. The van der Waals surface area contributed by atoms with Gasteiger partial charge in [-0.25, -0.2) is 4.68 Å². The second-order valence-electron chi connectivity index (χ2n) is 7.07. The van der Waals surface area contributed by atoms with Gasteiger partial charge in [-0.15, -0.1) is 0 Å². The van der Waals surface area contributed by atoms with Gasteiger partial charge >= 0.3 is 0 Å². The summed E-state index contributed by atoms with van der Waals surface area (Å²) in [5.74, 6) is 0.572. The Bertz CT molecular complexity index is 979. The molecular formula is C22H25ClN4O2. The van der Waals surface area contributed by atoms with Crippen LogP contribution in [0.15, 0.2) is 48.5 Å². The summed E-state index contributed by atoms with van der Waals surface area (Å²) in [7, 11) is 3.99. The molecule has 6 nitrogen and oxygen atoms in total. The number of likely N-dealkylation sites (N-methyl/N-ethyl adjacent to an activating group) is 1. The quantitative estimate of drug-likeness (QED) is 0.627. The number of aryl methyl sites for hydroxylation is 1. The molecule has 2 aromatic carbocycles. The summed E-state index contributed by atoms with van der Waals surface area (Å²) in [4.78, 5) is 14.5. The summed E-state index contributed by atoms with van der Waals surface area (Å²) >= 11 is 6.22. The van der Waals surface area contributed by atoms with Crippen LogP contribution in [0.3, 0.4) is 0 Å². The lowest BCUT2D eigenvalue weighted by Crippen LogP contribution is -2.19. The van der Waals surface area contributed by atoms with Gasteiger partial charge in [0.15, 0.2) is 0 Å². The number of amides is 1. The van der Waals surface area contributed by atoms with Crippen molar-refractivity contribution in [3.8, 4) is 11.4 Å². The first-order valence-corrected chi connectivity index (χ1v) is 9.74. The predicted molar refractivity (Wildman–Crippen MR) is 116 cm³/mol. The molecule has 152 valence electrons. The standard InChI is InChI=1S/C22H25ClN4O2/c1-15-21(23)16(2)27(25-15)19-9-7-18(8-10-19)24-22(28)17-5-11-20(12-6-17)29-14-13-26(3)4/h5-12H,13-14H2,1-4H3,(H,24,28). The Labute approximate surface area is 176 Å². The van der Waals surface area contributed by atoms with E-state index in [2.05, 4.69) is 15.3 Å². The fourth-order valence-corrected chi connectivity index (χ4v) is 2.93. The number of anilines is 1. The minimum Gasteiger partial charge on any atom is -0.492 e. The first kappa shape index (κ1) is 20.9. The van der Waals surface area contributed by atoms with E-state index in [1.807, 2.05) is 52.2 Å². The molecule has 1 N–H and O–H groups in total. The molecule has 0 fully saturated rings. The lowest BCUT2D eigenvalue weighted by molar-refractivity contribution is 0.102. The van der Waals surface area contributed by atoms with Crippen LogP contribution in [0.2, 0.25) is 5.02 Å². The fourth-order valence-electron chi connectivity index (χ4n) is 2.81. The van der Waals surface area contributed by atoms with Gasteiger partial charge in [-0.2, -0.15) is 5.10 Å². The van der Waals surface area contributed by atoms with E-state index in [-0.39, 0.29) is 5.91 Å². The van der Waals surface area contributed by atoms with Gasteiger partial charge < -0.3 is 15.0 Å². The average Bonchev–Trinajstić information content (AvgIpc) is 2.96. The summed E-state index contributed by atoms with van der Waals surface area (Å²) in [5.41, 5.74) is 3.83. The molecule has 0 saturated heterocycles. The molecule has 1 amide bonds. The second-order valence-corrected chi connectivity index (χ2v) is 7.45. The van der Waals surface area contributed by atoms with Crippen molar-refractivity contribution in [1.82, 2.24) is 14.7 Å². The number of ether oxygens (including phenoxy) is 1. The van der Waals surface area contributed by atoms with E-state index in [0.29, 0.717) is 22.9 Å². The van der Waals surface area contributed by atoms with E-state index >= 15 is 0 Å². The van der Waals surface area contributed by atoms with Crippen molar-refractivity contribution in [1.29, 1.82) is 0 Å². The number of carbonyl (C=O) groups is 1.